The summed E-state index contributed by atoms with van der Waals surface area (Å²) < 4.78 is 5.34. The predicted molar refractivity (Wildman–Crippen MR) is 93.0 cm³/mol. The van der Waals surface area contributed by atoms with Gasteiger partial charge in [-0.25, -0.2) is 0 Å². The lowest BCUT2D eigenvalue weighted by molar-refractivity contribution is -0.116. The number of methoxy groups -OCH3 is 1. The van der Waals surface area contributed by atoms with Gasteiger partial charge in [-0.2, -0.15) is 0 Å². The second-order valence-electron chi connectivity index (χ2n) is 6.01. The van der Waals surface area contributed by atoms with E-state index in [0.717, 1.165) is 29.8 Å². The van der Waals surface area contributed by atoms with Crippen molar-refractivity contribution in [3.63, 3.8) is 0 Å². The number of amides is 1. The summed E-state index contributed by atoms with van der Waals surface area (Å²) in [6.45, 7) is 0. The number of fused-ring (bicyclic) bond motifs is 1. The zero-order valence-corrected chi connectivity index (χ0v) is 13.6. The van der Waals surface area contributed by atoms with Crippen LogP contribution in [-0.4, -0.2) is 13.0 Å². The molecule has 0 fully saturated rings. The Kier molecular flexibility index (Phi) is 4.96. The van der Waals surface area contributed by atoms with Crippen molar-refractivity contribution < 1.29 is 9.53 Å². The van der Waals surface area contributed by atoms with Crippen LogP contribution in [0.2, 0.25) is 0 Å². The van der Waals surface area contributed by atoms with Crippen molar-refractivity contribution in [2.75, 3.05) is 12.4 Å². The lowest BCUT2D eigenvalue weighted by atomic mass is 9.90. The predicted octanol–water partition coefficient (Wildman–Crippen LogP) is 4.15. The number of aryl methyl sites for hydroxylation is 2. The molecule has 0 bridgehead atoms. The minimum Gasteiger partial charge on any atom is -0.496 e. The highest BCUT2D eigenvalue weighted by Crippen LogP contribution is 2.28. The zero-order valence-electron chi connectivity index (χ0n) is 13.6. The van der Waals surface area contributed by atoms with Crippen LogP contribution in [0.3, 0.4) is 0 Å². The molecule has 1 N–H and O–H groups in total. The van der Waals surface area contributed by atoms with E-state index in [-0.39, 0.29) is 5.91 Å². The third kappa shape index (κ3) is 3.73. The highest BCUT2D eigenvalue weighted by Gasteiger charge is 2.14. The molecule has 23 heavy (non-hydrogen) atoms. The summed E-state index contributed by atoms with van der Waals surface area (Å²) in [4.78, 5) is 12.3. The van der Waals surface area contributed by atoms with Gasteiger partial charge in [0, 0.05) is 12.1 Å². The van der Waals surface area contributed by atoms with Crippen molar-refractivity contribution in [3.05, 3.63) is 59.2 Å². The van der Waals surface area contributed by atoms with Gasteiger partial charge in [0.1, 0.15) is 5.75 Å². The summed E-state index contributed by atoms with van der Waals surface area (Å²) in [7, 11) is 1.66. The van der Waals surface area contributed by atoms with Crippen molar-refractivity contribution in [3.8, 4) is 5.75 Å². The van der Waals surface area contributed by atoms with E-state index >= 15 is 0 Å². The van der Waals surface area contributed by atoms with E-state index in [9.17, 15) is 4.79 Å². The summed E-state index contributed by atoms with van der Waals surface area (Å²) in [5.41, 5.74) is 4.77. The number of carbonyl (C=O) groups excluding carboxylic acids is 1. The van der Waals surface area contributed by atoms with Crippen LogP contribution in [0.5, 0.6) is 5.75 Å². The molecule has 0 atom stereocenters. The first-order valence-electron chi connectivity index (χ1n) is 8.30. The number of hydrogen-bond acceptors (Lipinski definition) is 2. The number of anilines is 1. The molecular weight excluding hydrogens is 286 g/mol. The highest BCUT2D eigenvalue weighted by atomic mass is 16.5. The number of nitrogens with one attached hydrogen (secondary N) is 1. The summed E-state index contributed by atoms with van der Waals surface area (Å²) in [6, 6.07) is 14.1. The normalized spacial score (nSPS) is 13.3. The Morgan fingerprint density at radius 2 is 1.91 bits per heavy atom. The number of rotatable bonds is 5. The number of hydrogen-bond donors (Lipinski definition) is 1. The monoisotopic (exact) mass is 309 g/mol. The van der Waals surface area contributed by atoms with Crippen molar-refractivity contribution in [1.29, 1.82) is 0 Å². The number of benzene rings is 2. The smallest absolute Gasteiger partial charge is 0.224 e. The average Bonchev–Trinajstić information content (AvgIpc) is 2.60. The lowest BCUT2D eigenvalue weighted by Crippen LogP contribution is -2.15. The van der Waals surface area contributed by atoms with Gasteiger partial charge in [-0.05, 0) is 60.9 Å². The molecule has 3 heteroatoms. The Bertz CT molecular complexity index is 694. The maximum absolute atomic E-state index is 12.3. The molecule has 0 spiro atoms. The van der Waals surface area contributed by atoms with Gasteiger partial charge >= 0.3 is 0 Å². The molecule has 1 aliphatic carbocycles. The Morgan fingerprint density at radius 3 is 2.78 bits per heavy atom. The van der Waals surface area contributed by atoms with Crippen LogP contribution in [-0.2, 0) is 24.1 Å². The topological polar surface area (TPSA) is 38.3 Å². The maximum atomic E-state index is 12.3. The van der Waals surface area contributed by atoms with Crippen LogP contribution >= 0.6 is 0 Å². The first kappa shape index (κ1) is 15.6. The van der Waals surface area contributed by atoms with Gasteiger partial charge in [-0.3, -0.25) is 4.79 Å². The molecule has 0 aliphatic heterocycles. The molecule has 0 radical (unpaired) electrons. The summed E-state index contributed by atoms with van der Waals surface area (Å²) in [5, 5.41) is 3.10. The second-order valence-corrected chi connectivity index (χ2v) is 6.01. The lowest BCUT2D eigenvalue weighted by Gasteiger charge is -2.19. The van der Waals surface area contributed by atoms with Gasteiger partial charge in [0.25, 0.3) is 0 Å². The molecule has 0 heterocycles. The maximum Gasteiger partial charge on any atom is 0.224 e. The molecule has 120 valence electrons. The summed E-state index contributed by atoms with van der Waals surface area (Å²) in [5.74, 6) is 0.910. The van der Waals surface area contributed by atoms with Crippen molar-refractivity contribution in [1.82, 2.24) is 0 Å². The second kappa shape index (κ2) is 7.32. The van der Waals surface area contributed by atoms with Crippen LogP contribution in [0.4, 0.5) is 5.69 Å². The molecule has 3 nitrogen and oxygen atoms in total. The third-order valence-corrected chi connectivity index (χ3v) is 4.48. The van der Waals surface area contributed by atoms with E-state index in [4.69, 9.17) is 4.74 Å². The van der Waals surface area contributed by atoms with E-state index in [0.29, 0.717) is 12.8 Å². The Balaban J connectivity index is 1.64. The molecule has 0 saturated heterocycles. The Hall–Kier alpha value is -2.29. The van der Waals surface area contributed by atoms with Gasteiger partial charge in [0.05, 0.1) is 7.11 Å². The molecule has 2 aromatic rings. The molecule has 2 aromatic carbocycles. The van der Waals surface area contributed by atoms with Gasteiger partial charge in [-0.1, -0.05) is 30.3 Å². The number of para-hydroxylation sites is 1. The Labute approximate surface area is 137 Å². The standard InChI is InChI=1S/C20H23NO2/c1-23-19-12-5-3-8-16(19)13-14-20(22)21-18-11-6-9-15-7-2-4-10-17(15)18/h3,5-6,8-9,11-12H,2,4,7,10,13-14H2,1H3,(H,21,22). The molecule has 1 amide bonds. The van der Waals surface area contributed by atoms with Crippen molar-refractivity contribution in [2.45, 2.75) is 38.5 Å². The number of carbonyl (C=O) groups is 1. The minimum atomic E-state index is 0.0647. The van der Waals surface area contributed by atoms with Crippen LogP contribution in [0.15, 0.2) is 42.5 Å². The Morgan fingerprint density at radius 1 is 1.09 bits per heavy atom. The number of ether oxygens (including phenoxy) is 1. The molecule has 1 aliphatic rings. The molecule has 3 rings (SSSR count). The SMILES string of the molecule is COc1ccccc1CCC(=O)Nc1cccc2c1CCCC2. The quantitative estimate of drug-likeness (QED) is 0.901. The van der Waals surface area contributed by atoms with Crippen LogP contribution in [0.25, 0.3) is 0 Å². The van der Waals surface area contributed by atoms with Gasteiger partial charge in [0.2, 0.25) is 5.91 Å². The first-order valence-corrected chi connectivity index (χ1v) is 8.30. The van der Waals surface area contributed by atoms with Crippen LogP contribution in [0.1, 0.15) is 36.0 Å². The van der Waals surface area contributed by atoms with E-state index in [1.54, 1.807) is 7.11 Å². The zero-order chi connectivity index (χ0) is 16.1. The summed E-state index contributed by atoms with van der Waals surface area (Å²) in [6.07, 6.45) is 5.80. The van der Waals surface area contributed by atoms with Crippen molar-refractivity contribution in [2.24, 2.45) is 0 Å². The summed E-state index contributed by atoms with van der Waals surface area (Å²) >= 11 is 0. The van der Waals surface area contributed by atoms with Gasteiger partial charge in [-0.15, -0.1) is 0 Å². The van der Waals surface area contributed by atoms with E-state index in [1.165, 1.54) is 24.0 Å². The van der Waals surface area contributed by atoms with Crippen LogP contribution < -0.4 is 10.1 Å². The fourth-order valence-corrected chi connectivity index (χ4v) is 3.27. The van der Waals surface area contributed by atoms with E-state index < -0.39 is 0 Å². The average molecular weight is 309 g/mol. The van der Waals surface area contributed by atoms with E-state index in [2.05, 4.69) is 11.4 Å². The molecule has 0 aromatic heterocycles. The molecule has 0 unspecified atom stereocenters. The molecular formula is C20H23NO2. The first-order chi connectivity index (χ1) is 11.3. The highest BCUT2D eigenvalue weighted by molar-refractivity contribution is 5.92. The fraction of sp³-hybridized carbons (Fsp3) is 0.350. The van der Waals surface area contributed by atoms with E-state index in [1.807, 2.05) is 36.4 Å². The van der Waals surface area contributed by atoms with Crippen LogP contribution in [0, 0.1) is 0 Å². The van der Waals surface area contributed by atoms with Crippen molar-refractivity contribution >= 4 is 11.6 Å². The fourth-order valence-electron chi connectivity index (χ4n) is 3.27. The van der Waals surface area contributed by atoms with Gasteiger partial charge < -0.3 is 10.1 Å². The molecule has 0 saturated carbocycles. The van der Waals surface area contributed by atoms with Gasteiger partial charge in [0.15, 0.2) is 0 Å². The largest absolute Gasteiger partial charge is 0.496 e. The minimum absolute atomic E-state index is 0.0647. The third-order valence-electron chi connectivity index (χ3n) is 4.48.